The monoisotopic (exact) mass is 422 g/mol. The highest BCUT2D eigenvalue weighted by Crippen LogP contribution is 2.40. The van der Waals surface area contributed by atoms with E-state index in [2.05, 4.69) is 17.7 Å². The summed E-state index contributed by atoms with van der Waals surface area (Å²) in [5.41, 5.74) is 2.42. The third-order valence-electron chi connectivity index (χ3n) is 6.45. The SMILES string of the molecule is Cc1cccc2c1[C@H]1CC[C@H](CC1)OCC1[C@@H](NS(C)(=O)=O)CCN1C(=O)CO2. The predicted octanol–water partition coefficient (Wildman–Crippen LogP) is 1.95. The topological polar surface area (TPSA) is 84.9 Å². The maximum Gasteiger partial charge on any atom is 0.260 e. The first-order valence-electron chi connectivity index (χ1n) is 10.4. The van der Waals surface area contributed by atoms with Crippen molar-refractivity contribution in [2.24, 2.45) is 0 Å². The Morgan fingerprint density at radius 2 is 1.90 bits per heavy atom. The molecule has 5 rings (SSSR count). The van der Waals surface area contributed by atoms with Crippen molar-refractivity contribution in [3.63, 3.8) is 0 Å². The molecule has 2 fully saturated rings. The van der Waals surface area contributed by atoms with Crippen molar-refractivity contribution < 1.29 is 22.7 Å². The highest BCUT2D eigenvalue weighted by atomic mass is 32.2. The maximum absolute atomic E-state index is 13.0. The van der Waals surface area contributed by atoms with E-state index in [1.807, 2.05) is 12.1 Å². The van der Waals surface area contributed by atoms with Crippen molar-refractivity contribution in [1.29, 1.82) is 0 Å². The summed E-state index contributed by atoms with van der Waals surface area (Å²) in [4.78, 5) is 14.7. The van der Waals surface area contributed by atoms with E-state index < -0.39 is 10.0 Å². The Labute approximate surface area is 172 Å². The average Bonchev–Trinajstić information content (AvgIpc) is 3.05. The van der Waals surface area contributed by atoms with Crippen molar-refractivity contribution >= 4 is 15.9 Å². The molecule has 7 nitrogen and oxygen atoms in total. The Hall–Kier alpha value is -1.64. The van der Waals surface area contributed by atoms with Crippen molar-refractivity contribution in [2.45, 2.75) is 63.1 Å². The van der Waals surface area contributed by atoms with E-state index in [0.29, 0.717) is 25.5 Å². The number of sulfonamides is 1. The van der Waals surface area contributed by atoms with Crippen LogP contribution in [0.4, 0.5) is 0 Å². The van der Waals surface area contributed by atoms with Gasteiger partial charge in [-0.05, 0) is 56.6 Å². The molecule has 8 heteroatoms. The molecule has 1 unspecified atom stereocenters. The largest absolute Gasteiger partial charge is 0.483 e. The minimum Gasteiger partial charge on any atom is -0.483 e. The number of amides is 1. The molecule has 0 radical (unpaired) electrons. The lowest BCUT2D eigenvalue weighted by atomic mass is 9.80. The molecule has 4 aliphatic rings. The molecule has 0 spiro atoms. The van der Waals surface area contributed by atoms with Crippen molar-refractivity contribution in [1.82, 2.24) is 9.62 Å². The summed E-state index contributed by atoms with van der Waals surface area (Å²) in [7, 11) is -3.36. The molecule has 160 valence electrons. The van der Waals surface area contributed by atoms with Gasteiger partial charge in [0, 0.05) is 18.2 Å². The molecule has 3 aliphatic heterocycles. The third-order valence-corrected chi connectivity index (χ3v) is 7.18. The van der Waals surface area contributed by atoms with Crippen LogP contribution >= 0.6 is 0 Å². The van der Waals surface area contributed by atoms with Crippen LogP contribution in [0, 0.1) is 6.92 Å². The molecule has 1 aliphatic carbocycles. The fourth-order valence-corrected chi connectivity index (χ4v) is 5.88. The van der Waals surface area contributed by atoms with E-state index in [0.717, 1.165) is 37.7 Å². The second-order valence-corrected chi connectivity index (χ2v) is 10.3. The zero-order valence-corrected chi connectivity index (χ0v) is 17.9. The lowest BCUT2D eigenvalue weighted by Gasteiger charge is -2.32. The minimum absolute atomic E-state index is 0.0469. The van der Waals surface area contributed by atoms with Gasteiger partial charge >= 0.3 is 0 Å². The number of hydrogen-bond acceptors (Lipinski definition) is 5. The lowest BCUT2D eigenvalue weighted by Crippen LogP contribution is -2.50. The van der Waals surface area contributed by atoms with Gasteiger partial charge in [-0.2, -0.15) is 0 Å². The number of ether oxygens (including phenoxy) is 2. The zero-order chi connectivity index (χ0) is 20.6. The maximum atomic E-state index is 13.0. The molecule has 1 amide bonds. The summed E-state index contributed by atoms with van der Waals surface area (Å²) in [6, 6.07) is 5.38. The normalized spacial score (nSPS) is 30.6. The molecule has 1 saturated heterocycles. The van der Waals surface area contributed by atoms with Crippen LogP contribution < -0.4 is 9.46 Å². The van der Waals surface area contributed by atoms with E-state index in [4.69, 9.17) is 9.47 Å². The van der Waals surface area contributed by atoms with Gasteiger partial charge in [-0.15, -0.1) is 0 Å². The van der Waals surface area contributed by atoms with Gasteiger partial charge in [-0.3, -0.25) is 4.79 Å². The fraction of sp³-hybridized carbons (Fsp3) is 0.667. The quantitative estimate of drug-likeness (QED) is 0.787. The number of aryl methyl sites for hydroxylation is 1. The van der Waals surface area contributed by atoms with Gasteiger partial charge in [0.15, 0.2) is 6.61 Å². The number of nitrogens with zero attached hydrogens (tertiary/aromatic N) is 1. The second-order valence-electron chi connectivity index (χ2n) is 8.52. The summed E-state index contributed by atoms with van der Waals surface area (Å²) >= 11 is 0. The summed E-state index contributed by atoms with van der Waals surface area (Å²) < 4.78 is 38.5. The van der Waals surface area contributed by atoms with Crippen LogP contribution in [0.1, 0.15) is 49.1 Å². The van der Waals surface area contributed by atoms with Crippen LogP contribution in [0.15, 0.2) is 18.2 Å². The molecular formula is C21H30N2O5S. The van der Waals surface area contributed by atoms with E-state index in [1.165, 1.54) is 11.1 Å². The van der Waals surface area contributed by atoms with Gasteiger partial charge in [0.05, 0.1) is 25.0 Å². The van der Waals surface area contributed by atoms with Crippen LogP contribution in [0.25, 0.3) is 0 Å². The van der Waals surface area contributed by atoms with E-state index in [-0.39, 0.29) is 30.7 Å². The Bertz CT molecular complexity index is 864. The van der Waals surface area contributed by atoms with Crippen LogP contribution in [-0.4, -0.2) is 63.4 Å². The highest BCUT2D eigenvalue weighted by Gasteiger charge is 2.40. The van der Waals surface area contributed by atoms with Gasteiger partial charge in [0.25, 0.3) is 5.91 Å². The molecule has 1 aromatic carbocycles. The molecule has 2 atom stereocenters. The molecular weight excluding hydrogens is 392 g/mol. The van der Waals surface area contributed by atoms with Crippen LogP contribution in [0.2, 0.25) is 0 Å². The molecule has 1 saturated carbocycles. The smallest absolute Gasteiger partial charge is 0.260 e. The summed E-state index contributed by atoms with van der Waals surface area (Å²) in [6.45, 7) is 2.90. The number of carbonyl (C=O) groups is 1. The van der Waals surface area contributed by atoms with Crippen molar-refractivity contribution in [3.05, 3.63) is 29.3 Å². The standard InChI is InChI=1S/C21H30N2O5S/c1-14-4-3-5-19-21(14)15-6-8-16(9-7-15)27-12-18-17(22-29(2,25)26)10-11-23(18)20(24)13-28-19/h3-5,15-18,22H,6-13H2,1-2H3/t15-,16+,17-,18?/m0/s1. The van der Waals surface area contributed by atoms with Crippen molar-refractivity contribution in [3.8, 4) is 5.75 Å². The number of nitrogens with one attached hydrogen (secondary N) is 1. The van der Waals surface area contributed by atoms with E-state index in [1.54, 1.807) is 4.90 Å². The average molecular weight is 423 g/mol. The van der Waals surface area contributed by atoms with E-state index >= 15 is 0 Å². The number of hydrogen-bond donors (Lipinski definition) is 1. The first kappa shape index (κ1) is 20.6. The summed E-state index contributed by atoms with van der Waals surface area (Å²) in [5, 5.41) is 0. The first-order valence-corrected chi connectivity index (χ1v) is 12.3. The Balaban J connectivity index is 1.61. The third kappa shape index (κ3) is 4.59. The molecule has 0 aromatic heterocycles. The van der Waals surface area contributed by atoms with Gasteiger partial charge in [-0.25, -0.2) is 13.1 Å². The van der Waals surface area contributed by atoms with Gasteiger partial charge in [-0.1, -0.05) is 12.1 Å². The highest BCUT2D eigenvalue weighted by molar-refractivity contribution is 7.88. The number of benzene rings is 1. The van der Waals surface area contributed by atoms with Gasteiger partial charge in [0.1, 0.15) is 5.75 Å². The zero-order valence-electron chi connectivity index (χ0n) is 17.1. The van der Waals surface area contributed by atoms with Crippen LogP contribution in [0.3, 0.4) is 0 Å². The van der Waals surface area contributed by atoms with Crippen LogP contribution in [0.5, 0.6) is 5.75 Å². The predicted molar refractivity (Wildman–Crippen MR) is 110 cm³/mol. The minimum atomic E-state index is -3.36. The van der Waals surface area contributed by atoms with Gasteiger partial charge in [0.2, 0.25) is 10.0 Å². The Morgan fingerprint density at radius 1 is 1.14 bits per heavy atom. The molecule has 2 bridgehead atoms. The first-order chi connectivity index (χ1) is 13.8. The Kier molecular flexibility index (Phi) is 5.86. The van der Waals surface area contributed by atoms with E-state index in [9.17, 15) is 13.2 Å². The molecule has 3 heterocycles. The fourth-order valence-electron chi connectivity index (χ4n) is 5.06. The lowest BCUT2D eigenvalue weighted by molar-refractivity contribution is -0.136. The van der Waals surface area contributed by atoms with Crippen LogP contribution in [-0.2, 0) is 19.6 Å². The molecule has 1 N–H and O–H groups in total. The second kappa shape index (κ2) is 8.24. The van der Waals surface area contributed by atoms with Gasteiger partial charge < -0.3 is 14.4 Å². The molecule has 29 heavy (non-hydrogen) atoms. The number of fused-ring (bicyclic) bond motifs is 5. The van der Waals surface area contributed by atoms with Crippen molar-refractivity contribution in [2.75, 3.05) is 26.0 Å². The summed E-state index contributed by atoms with van der Waals surface area (Å²) in [6.07, 6.45) is 5.86. The molecule has 1 aromatic rings. The number of carbonyl (C=O) groups excluding carboxylic acids is 1. The summed E-state index contributed by atoms with van der Waals surface area (Å²) in [5.74, 6) is 1.08. The number of rotatable bonds is 2. The Morgan fingerprint density at radius 3 is 2.62 bits per heavy atom.